The van der Waals surface area contributed by atoms with Crippen molar-refractivity contribution < 1.29 is 14.3 Å². The van der Waals surface area contributed by atoms with Gasteiger partial charge in [-0.2, -0.15) is 0 Å². The molecule has 2 rings (SSSR count). The van der Waals surface area contributed by atoms with Crippen molar-refractivity contribution in [3.8, 4) is 5.75 Å². The lowest BCUT2D eigenvalue weighted by molar-refractivity contribution is -0.129. The highest BCUT2D eigenvalue weighted by Crippen LogP contribution is 2.15. The van der Waals surface area contributed by atoms with E-state index in [4.69, 9.17) is 4.74 Å². The predicted octanol–water partition coefficient (Wildman–Crippen LogP) is 1.87. The van der Waals surface area contributed by atoms with E-state index in [1.807, 2.05) is 24.3 Å². The minimum Gasteiger partial charge on any atom is -0.497 e. The van der Waals surface area contributed by atoms with Gasteiger partial charge < -0.3 is 10.1 Å². The molecule has 1 saturated heterocycles. The average Bonchev–Trinajstić information content (AvgIpc) is 2.42. The Kier molecular flexibility index (Phi) is 4.55. The van der Waals surface area contributed by atoms with E-state index in [9.17, 15) is 9.59 Å². The molecule has 1 heterocycles. The van der Waals surface area contributed by atoms with E-state index in [1.165, 1.54) is 0 Å². The number of ketones is 1. The van der Waals surface area contributed by atoms with Crippen molar-refractivity contribution in [3.05, 3.63) is 29.8 Å². The Morgan fingerprint density at radius 2 is 1.84 bits per heavy atom. The van der Waals surface area contributed by atoms with Gasteiger partial charge in [-0.3, -0.25) is 9.59 Å². The molecule has 19 heavy (non-hydrogen) atoms. The molecule has 0 bridgehead atoms. The largest absolute Gasteiger partial charge is 0.497 e. The number of hydrogen-bond donors (Lipinski definition) is 1. The molecule has 0 radical (unpaired) electrons. The Hall–Kier alpha value is -1.84. The van der Waals surface area contributed by atoms with Crippen LogP contribution in [-0.4, -0.2) is 24.8 Å². The molecule has 1 aromatic carbocycles. The zero-order valence-corrected chi connectivity index (χ0v) is 11.1. The monoisotopic (exact) mass is 261 g/mol. The van der Waals surface area contributed by atoms with E-state index < -0.39 is 0 Å². The van der Waals surface area contributed by atoms with Crippen molar-refractivity contribution in [2.45, 2.75) is 38.1 Å². The quantitative estimate of drug-likeness (QED) is 0.903. The van der Waals surface area contributed by atoms with Gasteiger partial charge in [0.05, 0.1) is 13.2 Å². The maximum absolute atomic E-state index is 12.0. The molecule has 0 aromatic heterocycles. The fraction of sp³-hybridized carbons (Fsp3) is 0.467. The summed E-state index contributed by atoms with van der Waals surface area (Å²) in [6, 6.07) is 7.20. The van der Waals surface area contributed by atoms with Gasteiger partial charge >= 0.3 is 0 Å². The van der Waals surface area contributed by atoms with Crippen LogP contribution in [0.3, 0.4) is 0 Å². The van der Waals surface area contributed by atoms with Gasteiger partial charge in [0.15, 0.2) is 5.78 Å². The third-order valence-corrected chi connectivity index (χ3v) is 3.40. The summed E-state index contributed by atoms with van der Waals surface area (Å²) < 4.78 is 5.10. The Morgan fingerprint density at radius 1 is 1.16 bits per heavy atom. The average molecular weight is 261 g/mol. The van der Waals surface area contributed by atoms with Gasteiger partial charge in [0, 0.05) is 12.8 Å². The molecule has 1 amide bonds. The normalized spacial score (nSPS) is 20.4. The van der Waals surface area contributed by atoms with Crippen LogP contribution in [0.15, 0.2) is 24.3 Å². The number of nitrogens with one attached hydrogen (secondary N) is 1. The van der Waals surface area contributed by atoms with Crippen LogP contribution in [0.25, 0.3) is 0 Å². The first-order valence-corrected chi connectivity index (χ1v) is 6.64. The van der Waals surface area contributed by atoms with Crippen LogP contribution >= 0.6 is 0 Å². The zero-order chi connectivity index (χ0) is 13.7. The number of methoxy groups -OCH3 is 1. The van der Waals surface area contributed by atoms with Gasteiger partial charge in [-0.05, 0) is 37.0 Å². The minimum absolute atomic E-state index is 0.0217. The molecule has 102 valence electrons. The van der Waals surface area contributed by atoms with E-state index >= 15 is 0 Å². The molecule has 1 fully saturated rings. The lowest BCUT2D eigenvalue weighted by Gasteiger charge is -2.20. The third-order valence-electron chi connectivity index (χ3n) is 3.40. The second kappa shape index (κ2) is 6.36. The van der Waals surface area contributed by atoms with Gasteiger partial charge in [-0.25, -0.2) is 0 Å². The molecular formula is C15H19NO3. The molecule has 0 spiro atoms. The summed E-state index contributed by atoms with van der Waals surface area (Å²) in [4.78, 5) is 23.6. The Morgan fingerprint density at radius 3 is 2.53 bits per heavy atom. The van der Waals surface area contributed by atoms with E-state index in [0.717, 1.165) is 24.2 Å². The summed E-state index contributed by atoms with van der Waals surface area (Å²) >= 11 is 0. The fourth-order valence-corrected chi connectivity index (χ4v) is 2.27. The lowest BCUT2D eigenvalue weighted by Crippen LogP contribution is -2.43. The van der Waals surface area contributed by atoms with E-state index in [-0.39, 0.29) is 17.7 Å². The lowest BCUT2D eigenvalue weighted by atomic mass is 9.96. The molecule has 4 nitrogen and oxygen atoms in total. The summed E-state index contributed by atoms with van der Waals surface area (Å²) in [6.07, 6.45) is 3.24. The summed E-state index contributed by atoms with van der Waals surface area (Å²) in [5.41, 5.74) is 1.03. The van der Waals surface area contributed by atoms with Crippen LogP contribution < -0.4 is 10.1 Å². The number of hydrogen-bond acceptors (Lipinski definition) is 3. The highest BCUT2D eigenvalue weighted by molar-refractivity contribution is 5.89. The van der Waals surface area contributed by atoms with E-state index in [0.29, 0.717) is 19.3 Å². The van der Waals surface area contributed by atoms with Gasteiger partial charge in [0.1, 0.15) is 5.75 Å². The van der Waals surface area contributed by atoms with Crippen LogP contribution in [-0.2, 0) is 16.0 Å². The van der Waals surface area contributed by atoms with Crippen molar-refractivity contribution in [1.29, 1.82) is 0 Å². The van der Waals surface area contributed by atoms with Crippen LogP contribution in [0.5, 0.6) is 5.75 Å². The van der Waals surface area contributed by atoms with Gasteiger partial charge in [0.2, 0.25) is 5.91 Å². The molecule has 1 N–H and O–H groups in total. The highest BCUT2D eigenvalue weighted by Gasteiger charge is 2.22. The highest BCUT2D eigenvalue weighted by atomic mass is 16.5. The van der Waals surface area contributed by atoms with Gasteiger partial charge in [-0.15, -0.1) is 0 Å². The second-order valence-corrected chi connectivity index (χ2v) is 4.85. The number of rotatable bonds is 3. The van der Waals surface area contributed by atoms with Crippen LogP contribution in [0, 0.1) is 0 Å². The first-order chi connectivity index (χ1) is 9.19. The van der Waals surface area contributed by atoms with Gasteiger partial charge in [-0.1, -0.05) is 12.1 Å². The fourth-order valence-electron chi connectivity index (χ4n) is 2.27. The summed E-state index contributed by atoms with van der Waals surface area (Å²) in [5.74, 6) is 0.896. The molecule has 4 heteroatoms. The van der Waals surface area contributed by atoms with Crippen LogP contribution in [0.2, 0.25) is 0 Å². The van der Waals surface area contributed by atoms with Crippen LogP contribution in [0.1, 0.15) is 31.2 Å². The predicted molar refractivity (Wildman–Crippen MR) is 72.1 cm³/mol. The summed E-state index contributed by atoms with van der Waals surface area (Å²) in [7, 11) is 1.62. The van der Waals surface area contributed by atoms with Crippen molar-refractivity contribution in [3.63, 3.8) is 0 Å². The number of amides is 1. The molecule has 0 aliphatic carbocycles. The summed E-state index contributed by atoms with van der Waals surface area (Å²) in [6.45, 7) is 0. The Bertz CT molecular complexity index is 453. The standard InChI is InChI=1S/C15H19NO3/c1-19-12-8-6-11(7-9-12)10-13-14(17)4-2-3-5-15(18)16-13/h6-9,13H,2-5,10H2,1H3,(H,16,18). The van der Waals surface area contributed by atoms with Crippen molar-refractivity contribution in [2.24, 2.45) is 0 Å². The Labute approximate surface area is 113 Å². The minimum atomic E-state index is -0.388. The third kappa shape index (κ3) is 3.81. The van der Waals surface area contributed by atoms with Crippen molar-refractivity contribution in [2.75, 3.05) is 7.11 Å². The molecule has 0 saturated carbocycles. The maximum Gasteiger partial charge on any atom is 0.220 e. The van der Waals surface area contributed by atoms with Crippen LogP contribution in [0.4, 0.5) is 0 Å². The first-order valence-electron chi connectivity index (χ1n) is 6.64. The van der Waals surface area contributed by atoms with Crippen molar-refractivity contribution in [1.82, 2.24) is 5.32 Å². The summed E-state index contributed by atoms with van der Waals surface area (Å²) in [5, 5.41) is 2.83. The molecular weight excluding hydrogens is 242 g/mol. The topological polar surface area (TPSA) is 55.4 Å². The zero-order valence-electron chi connectivity index (χ0n) is 11.1. The number of carbonyl (C=O) groups is 2. The molecule has 1 aromatic rings. The number of Topliss-reactive ketones (excluding diaryl/α,β-unsaturated/α-hetero) is 1. The number of ether oxygens (including phenoxy) is 1. The maximum atomic E-state index is 12.0. The second-order valence-electron chi connectivity index (χ2n) is 4.85. The van der Waals surface area contributed by atoms with Crippen molar-refractivity contribution >= 4 is 11.7 Å². The number of benzene rings is 1. The first kappa shape index (κ1) is 13.6. The van der Waals surface area contributed by atoms with E-state index in [1.54, 1.807) is 7.11 Å². The molecule has 1 aliphatic heterocycles. The Balaban J connectivity index is 2.05. The smallest absolute Gasteiger partial charge is 0.220 e. The SMILES string of the molecule is COc1ccc(CC2NC(=O)CCCCC2=O)cc1. The number of carbonyl (C=O) groups excluding carboxylic acids is 2. The molecule has 1 aliphatic rings. The van der Waals surface area contributed by atoms with Gasteiger partial charge in [0.25, 0.3) is 0 Å². The molecule has 1 unspecified atom stereocenters. The van der Waals surface area contributed by atoms with E-state index in [2.05, 4.69) is 5.32 Å². The molecule has 1 atom stereocenters.